The Morgan fingerprint density at radius 2 is 2.40 bits per heavy atom. The third-order valence-electron chi connectivity index (χ3n) is 2.19. The molecule has 0 saturated carbocycles. The number of carbonyl (C=O) groups excluding carboxylic acids is 1. The average molecular weight is 312 g/mol. The summed E-state index contributed by atoms with van der Waals surface area (Å²) < 4.78 is 1.09. The first-order valence-electron chi connectivity index (χ1n) is 4.48. The number of amides is 1. The van der Waals surface area contributed by atoms with Crippen LogP contribution < -0.4 is 10.2 Å². The maximum Gasteiger partial charge on any atom is 0.243 e. The molecule has 1 aliphatic heterocycles. The summed E-state index contributed by atoms with van der Waals surface area (Å²) in [6.45, 7) is 0.790. The van der Waals surface area contributed by atoms with E-state index in [1.54, 1.807) is 0 Å². The third kappa shape index (κ3) is 2.07. The number of halogens is 1. The lowest BCUT2D eigenvalue weighted by atomic mass is 10.2. The molecule has 0 aliphatic carbocycles. The van der Waals surface area contributed by atoms with Gasteiger partial charge in [0.1, 0.15) is 0 Å². The van der Waals surface area contributed by atoms with E-state index in [1.807, 2.05) is 23.1 Å². The van der Waals surface area contributed by atoms with Crippen LogP contribution in [-0.4, -0.2) is 19.0 Å². The molecule has 0 spiro atoms. The molecule has 1 heterocycles. The van der Waals surface area contributed by atoms with E-state index >= 15 is 0 Å². The highest BCUT2D eigenvalue weighted by molar-refractivity contribution is 14.1. The second-order valence-electron chi connectivity index (χ2n) is 3.27. The largest absolute Gasteiger partial charge is 0.349 e. The number of rotatable bonds is 1. The fraction of sp³-hybridized carbons (Fsp3) is 0.182. The van der Waals surface area contributed by atoms with Crippen LogP contribution in [0.2, 0.25) is 0 Å². The molecule has 1 aliphatic rings. The van der Waals surface area contributed by atoms with E-state index in [2.05, 4.69) is 33.8 Å². The van der Waals surface area contributed by atoms with Crippen LogP contribution in [0.1, 0.15) is 0 Å². The first-order valence-corrected chi connectivity index (χ1v) is 5.56. The predicted molar refractivity (Wildman–Crippen MR) is 68.8 cm³/mol. The summed E-state index contributed by atoms with van der Waals surface area (Å²) in [5.74, 6) is 2.54. The molecular weight excluding hydrogens is 303 g/mol. The van der Waals surface area contributed by atoms with Crippen molar-refractivity contribution in [2.75, 3.05) is 23.3 Å². The summed E-state index contributed by atoms with van der Waals surface area (Å²) in [5, 5.41) is 2.84. The Morgan fingerprint density at radius 1 is 1.60 bits per heavy atom. The molecular formula is C11H9IN2O. The van der Waals surface area contributed by atoms with E-state index in [9.17, 15) is 4.79 Å². The molecule has 1 aromatic carbocycles. The molecule has 2 rings (SSSR count). The zero-order valence-electron chi connectivity index (χ0n) is 7.96. The van der Waals surface area contributed by atoms with Gasteiger partial charge in [-0.25, -0.2) is 0 Å². The van der Waals surface area contributed by atoms with Crippen molar-refractivity contribution in [2.24, 2.45) is 0 Å². The van der Waals surface area contributed by atoms with E-state index in [1.165, 1.54) is 0 Å². The highest BCUT2D eigenvalue weighted by atomic mass is 127. The number of terminal acetylenes is 1. The summed E-state index contributed by atoms with van der Waals surface area (Å²) in [4.78, 5) is 13.3. The van der Waals surface area contributed by atoms with E-state index in [0.717, 1.165) is 14.9 Å². The molecule has 1 amide bonds. The Bertz CT molecular complexity index is 450. The number of hydrogen-bond donors (Lipinski definition) is 1. The van der Waals surface area contributed by atoms with Crippen molar-refractivity contribution in [3.05, 3.63) is 21.8 Å². The van der Waals surface area contributed by atoms with Gasteiger partial charge in [0, 0.05) is 3.57 Å². The minimum absolute atomic E-state index is 0.0141. The monoisotopic (exact) mass is 312 g/mol. The average Bonchev–Trinajstić information content (AvgIpc) is 2.17. The molecule has 1 aromatic rings. The van der Waals surface area contributed by atoms with Crippen LogP contribution in [-0.2, 0) is 4.79 Å². The van der Waals surface area contributed by atoms with Crippen LogP contribution in [0.4, 0.5) is 11.4 Å². The predicted octanol–water partition coefficient (Wildman–Crippen LogP) is 1.68. The molecule has 0 atom stereocenters. The van der Waals surface area contributed by atoms with Gasteiger partial charge >= 0.3 is 0 Å². The zero-order chi connectivity index (χ0) is 10.8. The first-order chi connectivity index (χ1) is 7.20. The molecule has 76 valence electrons. The summed E-state index contributed by atoms with van der Waals surface area (Å²) in [5.41, 5.74) is 1.83. The number of fused-ring (bicyclic) bond motifs is 1. The molecule has 3 nitrogen and oxygen atoms in total. The van der Waals surface area contributed by atoms with Gasteiger partial charge in [-0.3, -0.25) is 4.79 Å². The van der Waals surface area contributed by atoms with Crippen molar-refractivity contribution in [2.45, 2.75) is 0 Å². The molecule has 0 saturated heterocycles. The number of benzene rings is 1. The molecule has 15 heavy (non-hydrogen) atoms. The smallest absolute Gasteiger partial charge is 0.243 e. The van der Waals surface area contributed by atoms with Crippen LogP contribution in [0.3, 0.4) is 0 Å². The number of carbonyl (C=O) groups is 1. The lowest BCUT2D eigenvalue weighted by Gasteiger charge is -2.29. The SMILES string of the molecule is C#CCN1CC(=O)Nc2cc(I)ccc21. The minimum atomic E-state index is -0.0141. The van der Waals surface area contributed by atoms with Gasteiger partial charge in [0.2, 0.25) is 5.91 Å². The fourth-order valence-corrected chi connectivity index (χ4v) is 2.07. The van der Waals surface area contributed by atoms with Crippen LogP contribution in [0, 0.1) is 15.9 Å². The topological polar surface area (TPSA) is 32.3 Å². The Balaban J connectivity index is 2.42. The van der Waals surface area contributed by atoms with Crippen molar-refractivity contribution in [3.63, 3.8) is 0 Å². The first kappa shape index (κ1) is 10.3. The molecule has 0 bridgehead atoms. The van der Waals surface area contributed by atoms with E-state index < -0.39 is 0 Å². The van der Waals surface area contributed by atoms with E-state index in [4.69, 9.17) is 6.42 Å². The van der Waals surface area contributed by atoms with Gasteiger partial charge in [-0.15, -0.1) is 6.42 Å². The van der Waals surface area contributed by atoms with Crippen molar-refractivity contribution in [3.8, 4) is 12.3 Å². The van der Waals surface area contributed by atoms with Gasteiger partial charge in [-0.2, -0.15) is 0 Å². The van der Waals surface area contributed by atoms with Crippen molar-refractivity contribution in [1.29, 1.82) is 0 Å². The number of nitrogens with one attached hydrogen (secondary N) is 1. The second kappa shape index (κ2) is 4.11. The highest BCUT2D eigenvalue weighted by Crippen LogP contribution is 2.30. The summed E-state index contributed by atoms with van der Waals surface area (Å²) in [6, 6.07) is 5.92. The van der Waals surface area contributed by atoms with Crippen molar-refractivity contribution in [1.82, 2.24) is 0 Å². The van der Waals surface area contributed by atoms with Gasteiger partial charge in [0.05, 0.1) is 24.5 Å². The number of anilines is 2. The molecule has 0 fully saturated rings. The lowest BCUT2D eigenvalue weighted by Crippen LogP contribution is -2.38. The Morgan fingerprint density at radius 3 is 3.13 bits per heavy atom. The molecule has 0 unspecified atom stereocenters. The summed E-state index contributed by atoms with van der Waals surface area (Å²) in [7, 11) is 0. The normalized spacial score (nSPS) is 14.1. The quantitative estimate of drug-likeness (QED) is 0.632. The zero-order valence-corrected chi connectivity index (χ0v) is 10.1. The molecule has 0 radical (unpaired) electrons. The Kier molecular flexibility index (Phi) is 2.82. The van der Waals surface area contributed by atoms with E-state index in [-0.39, 0.29) is 5.91 Å². The van der Waals surface area contributed by atoms with Crippen LogP contribution in [0.25, 0.3) is 0 Å². The Labute approximate surface area is 102 Å². The maximum atomic E-state index is 11.4. The Hall–Kier alpha value is -1.22. The van der Waals surface area contributed by atoms with Crippen molar-refractivity contribution >= 4 is 39.9 Å². The molecule has 4 heteroatoms. The van der Waals surface area contributed by atoms with Crippen molar-refractivity contribution < 1.29 is 4.79 Å². The third-order valence-corrected chi connectivity index (χ3v) is 2.86. The lowest BCUT2D eigenvalue weighted by molar-refractivity contribution is -0.115. The van der Waals surface area contributed by atoms with Gasteiger partial charge in [0.25, 0.3) is 0 Å². The van der Waals surface area contributed by atoms with Gasteiger partial charge in [-0.05, 0) is 40.8 Å². The molecule has 0 aromatic heterocycles. The van der Waals surface area contributed by atoms with Gasteiger partial charge in [-0.1, -0.05) is 5.92 Å². The standard InChI is InChI=1S/C11H9IN2O/c1-2-5-14-7-11(15)13-9-6-8(12)3-4-10(9)14/h1,3-4,6H,5,7H2,(H,13,15). The summed E-state index contributed by atoms with van der Waals surface area (Å²) in [6.07, 6.45) is 5.27. The van der Waals surface area contributed by atoms with Crippen LogP contribution in [0.15, 0.2) is 18.2 Å². The van der Waals surface area contributed by atoms with Gasteiger partial charge < -0.3 is 10.2 Å². The second-order valence-corrected chi connectivity index (χ2v) is 4.52. The minimum Gasteiger partial charge on any atom is -0.349 e. The van der Waals surface area contributed by atoms with Crippen LogP contribution in [0.5, 0.6) is 0 Å². The number of hydrogen-bond acceptors (Lipinski definition) is 2. The maximum absolute atomic E-state index is 11.4. The summed E-state index contributed by atoms with van der Waals surface area (Å²) >= 11 is 2.21. The number of nitrogens with zero attached hydrogens (tertiary/aromatic N) is 1. The fourth-order valence-electron chi connectivity index (χ4n) is 1.58. The highest BCUT2D eigenvalue weighted by Gasteiger charge is 2.20. The van der Waals surface area contributed by atoms with Crippen LogP contribution >= 0.6 is 22.6 Å². The van der Waals surface area contributed by atoms with Gasteiger partial charge in [0.15, 0.2) is 0 Å². The molecule has 1 N–H and O–H groups in total. The van der Waals surface area contributed by atoms with E-state index in [0.29, 0.717) is 13.1 Å².